The Morgan fingerprint density at radius 2 is 2.10 bits per heavy atom. The molecule has 0 aliphatic carbocycles. The highest BCUT2D eigenvalue weighted by atomic mass is 16.5. The number of para-hydroxylation sites is 1. The molecule has 1 atom stereocenters. The predicted octanol–water partition coefficient (Wildman–Crippen LogP) is 2.24. The van der Waals surface area contributed by atoms with Gasteiger partial charge in [0.2, 0.25) is 5.82 Å². The summed E-state index contributed by atoms with van der Waals surface area (Å²) in [6, 6.07) is 9.90. The summed E-state index contributed by atoms with van der Waals surface area (Å²) in [7, 11) is 1.56. The number of ether oxygens (including phenoxy) is 1. The molecular formula is C15H16N4O2. The van der Waals surface area contributed by atoms with E-state index in [1.54, 1.807) is 7.11 Å². The Kier molecular flexibility index (Phi) is 3.64. The number of benzene rings is 1. The van der Waals surface area contributed by atoms with Crippen molar-refractivity contribution < 1.29 is 9.26 Å². The summed E-state index contributed by atoms with van der Waals surface area (Å²) in [6.45, 7) is 2.31. The van der Waals surface area contributed by atoms with E-state index >= 15 is 0 Å². The summed E-state index contributed by atoms with van der Waals surface area (Å²) >= 11 is 0. The van der Waals surface area contributed by atoms with Crippen molar-refractivity contribution in [3.63, 3.8) is 0 Å². The maximum absolute atomic E-state index is 5.59. The van der Waals surface area contributed by atoms with Crippen LogP contribution in [0.5, 0.6) is 0 Å². The fraction of sp³-hybridized carbons (Fsp3) is 0.267. The Morgan fingerprint density at radius 1 is 1.29 bits per heavy atom. The van der Waals surface area contributed by atoms with Crippen LogP contribution >= 0.6 is 0 Å². The van der Waals surface area contributed by atoms with Gasteiger partial charge in [0.05, 0.1) is 5.52 Å². The number of nitrogens with zero attached hydrogens (tertiary/aromatic N) is 3. The molecule has 2 aromatic heterocycles. The Hall–Kier alpha value is -2.31. The van der Waals surface area contributed by atoms with E-state index in [1.807, 2.05) is 37.3 Å². The molecule has 0 saturated carbocycles. The topological polar surface area (TPSA) is 87.1 Å². The summed E-state index contributed by atoms with van der Waals surface area (Å²) in [5.74, 6) is 0.803. The smallest absolute Gasteiger partial charge is 0.257 e. The van der Waals surface area contributed by atoms with Crippen molar-refractivity contribution >= 4 is 10.9 Å². The molecule has 0 amide bonds. The van der Waals surface area contributed by atoms with Gasteiger partial charge in [0, 0.05) is 19.0 Å². The zero-order chi connectivity index (χ0) is 14.8. The van der Waals surface area contributed by atoms with Gasteiger partial charge >= 0.3 is 0 Å². The van der Waals surface area contributed by atoms with Gasteiger partial charge in [0.1, 0.15) is 11.8 Å². The van der Waals surface area contributed by atoms with Gasteiger partial charge in [-0.3, -0.25) is 0 Å². The molecule has 108 valence electrons. The molecule has 0 bridgehead atoms. The number of rotatable bonds is 4. The van der Waals surface area contributed by atoms with E-state index in [0.717, 1.165) is 16.5 Å². The summed E-state index contributed by atoms with van der Waals surface area (Å²) in [4.78, 5) is 8.90. The number of methoxy groups -OCH3 is 1. The van der Waals surface area contributed by atoms with Crippen LogP contribution in [0, 0.1) is 6.92 Å². The molecule has 2 heterocycles. The van der Waals surface area contributed by atoms with Gasteiger partial charge in [-0.05, 0) is 24.6 Å². The molecule has 3 rings (SSSR count). The van der Waals surface area contributed by atoms with Gasteiger partial charge in [-0.2, -0.15) is 4.98 Å². The fourth-order valence-electron chi connectivity index (χ4n) is 2.23. The molecule has 0 aliphatic rings. The fourth-order valence-corrected chi connectivity index (χ4v) is 2.23. The number of aryl methyl sites for hydroxylation is 1. The van der Waals surface area contributed by atoms with E-state index in [2.05, 4.69) is 15.1 Å². The lowest BCUT2D eigenvalue weighted by molar-refractivity contribution is 0.0804. The molecule has 0 radical (unpaired) electrons. The third kappa shape index (κ3) is 2.51. The van der Waals surface area contributed by atoms with E-state index in [1.165, 1.54) is 0 Å². The van der Waals surface area contributed by atoms with Gasteiger partial charge in [0.25, 0.3) is 5.89 Å². The van der Waals surface area contributed by atoms with Crippen molar-refractivity contribution in [2.45, 2.75) is 13.0 Å². The van der Waals surface area contributed by atoms with Gasteiger partial charge in [0.15, 0.2) is 0 Å². The van der Waals surface area contributed by atoms with Crippen LogP contribution in [0.1, 0.15) is 17.6 Å². The summed E-state index contributed by atoms with van der Waals surface area (Å²) in [6.07, 6.45) is -0.396. The number of aromatic nitrogens is 3. The first kappa shape index (κ1) is 13.7. The predicted molar refractivity (Wildman–Crippen MR) is 78.6 cm³/mol. The van der Waals surface area contributed by atoms with E-state index in [0.29, 0.717) is 17.4 Å². The summed E-state index contributed by atoms with van der Waals surface area (Å²) in [5.41, 5.74) is 8.29. The zero-order valence-corrected chi connectivity index (χ0v) is 11.9. The van der Waals surface area contributed by atoms with Gasteiger partial charge in [-0.1, -0.05) is 23.4 Å². The van der Waals surface area contributed by atoms with E-state index in [4.69, 9.17) is 15.0 Å². The monoisotopic (exact) mass is 284 g/mol. The number of fused-ring (bicyclic) bond motifs is 1. The Bertz CT molecular complexity index is 765. The average molecular weight is 284 g/mol. The minimum absolute atomic E-state index is 0.280. The number of pyridine rings is 1. The minimum Gasteiger partial charge on any atom is -0.370 e. The zero-order valence-electron chi connectivity index (χ0n) is 11.9. The van der Waals surface area contributed by atoms with Crippen molar-refractivity contribution in [2.75, 3.05) is 13.7 Å². The molecule has 3 aromatic rings. The molecule has 2 N–H and O–H groups in total. The van der Waals surface area contributed by atoms with Crippen molar-refractivity contribution in [1.82, 2.24) is 15.1 Å². The Morgan fingerprint density at radius 3 is 2.86 bits per heavy atom. The third-order valence-electron chi connectivity index (χ3n) is 3.37. The van der Waals surface area contributed by atoms with Crippen molar-refractivity contribution in [3.8, 4) is 11.5 Å². The minimum atomic E-state index is -0.396. The number of nitrogens with two attached hydrogens (primary N) is 1. The second kappa shape index (κ2) is 5.59. The van der Waals surface area contributed by atoms with Crippen LogP contribution in [0.2, 0.25) is 0 Å². The SMILES string of the molecule is COC(CN)c1nc(-c2cc(C)c3ccccc3n2)no1. The van der Waals surface area contributed by atoms with Gasteiger partial charge in [-0.25, -0.2) is 4.98 Å². The number of hydrogen-bond donors (Lipinski definition) is 1. The first-order valence-electron chi connectivity index (χ1n) is 6.66. The highest BCUT2D eigenvalue weighted by molar-refractivity contribution is 5.84. The number of hydrogen-bond acceptors (Lipinski definition) is 6. The lowest BCUT2D eigenvalue weighted by Gasteiger charge is -2.05. The average Bonchev–Trinajstić information content (AvgIpc) is 2.98. The van der Waals surface area contributed by atoms with Crippen LogP contribution in [-0.4, -0.2) is 28.8 Å². The van der Waals surface area contributed by atoms with Crippen LogP contribution in [0.25, 0.3) is 22.4 Å². The normalized spacial score (nSPS) is 12.7. The van der Waals surface area contributed by atoms with E-state index in [-0.39, 0.29) is 6.54 Å². The summed E-state index contributed by atoms with van der Waals surface area (Å²) in [5, 5.41) is 5.08. The van der Waals surface area contributed by atoms with Gasteiger partial charge in [-0.15, -0.1) is 0 Å². The Labute approximate surface area is 121 Å². The quantitative estimate of drug-likeness (QED) is 0.790. The van der Waals surface area contributed by atoms with Gasteiger partial charge < -0.3 is 15.0 Å². The molecular weight excluding hydrogens is 268 g/mol. The van der Waals surface area contributed by atoms with Crippen LogP contribution in [0.3, 0.4) is 0 Å². The molecule has 0 saturated heterocycles. The lowest BCUT2D eigenvalue weighted by Crippen LogP contribution is -2.14. The van der Waals surface area contributed by atoms with Crippen molar-refractivity contribution in [2.24, 2.45) is 5.73 Å². The lowest BCUT2D eigenvalue weighted by atomic mass is 10.1. The highest BCUT2D eigenvalue weighted by Crippen LogP contribution is 2.23. The first-order chi connectivity index (χ1) is 10.2. The van der Waals surface area contributed by atoms with Crippen LogP contribution < -0.4 is 5.73 Å². The maximum atomic E-state index is 5.59. The second-order valence-corrected chi connectivity index (χ2v) is 4.76. The van der Waals surface area contributed by atoms with Crippen molar-refractivity contribution in [3.05, 3.63) is 41.8 Å². The molecule has 1 unspecified atom stereocenters. The van der Waals surface area contributed by atoms with Crippen LogP contribution in [0.4, 0.5) is 0 Å². The molecule has 21 heavy (non-hydrogen) atoms. The molecule has 6 nitrogen and oxygen atoms in total. The molecule has 6 heteroatoms. The Balaban J connectivity index is 2.04. The third-order valence-corrected chi connectivity index (χ3v) is 3.37. The van der Waals surface area contributed by atoms with Crippen LogP contribution in [0.15, 0.2) is 34.9 Å². The largest absolute Gasteiger partial charge is 0.370 e. The van der Waals surface area contributed by atoms with Crippen LogP contribution in [-0.2, 0) is 4.74 Å². The highest BCUT2D eigenvalue weighted by Gasteiger charge is 2.18. The summed E-state index contributed by atoms with van der Waals surface area (Å²) < 4.78 is 10.4. The molecule has 0 fully saturated rings. The standard InChI is InChI=1S/C15H16N4O2/c1-9-7-12(17-11-6-4-3-5-10(9)11)14-18-15(21-19-14)13(8-16)20-2/h3-7,13H,8,16H2,1-2H3. The molecule has 0 spiro atoms. The van der Waals surface area contributed by atoms with E-state index in [9.17, 15) is 0 Å². The van der Waals surface area contributed by atoms with Crippen molar-refractivity contribution in [1.29, 1.82) is 0 Å². The molecule has 1 aromatic carbocycles. The first-order valence-corrected chi connectivity index (χ1v) is 6.66. The second-order valence-electron chi connectivity index (χ2n) is 4.76. The molecule has 0 aliphatic heterocycles. The van der Waals surface area contributed by atoms with E-state index < -0.39 is 6.10 Å². The maximum Gasteiger partial charge on any atom is 0.257 e.